The molecule has 0 saturated heterocycles. The van der Waals surface area contributed by atoms with Gasteiger partial charge >= 0.3 is 0 Å². The van der Waals surface area contributed by atoms with Crippen LogP contribution in [0.1, 0.15) is 12.6 Å². The molecule has 0 N–H and O–H groups in total. The monoisotopic (exact) mass is 316 g/mol. The quantitative estimate of drug-likeness (QED) is 0.740. The Morgan fingerprint density at radius 1 is 1.32 bits per heavy atom. The third kappa shape index (κ3) is 2.92. The van der Waals surface area contributed by atoms with Crippen molar-refractivity contribution in [1.29, 1.82) is 0 Å². The first-order valence-electron chi connectivity index (χ1n) is 6.63. The Morgan fingerprint density at radius 3 is 2.91 bits per heavy atom. The number of imidazole rings is 1. The van der Waals surface area contributed by atoms with Gasteiger partial charge in [-0.2, -0.15) is 4.98 Å². The van der Waals surface area contributed by atoms with Crippen LogP contribution in [0.3, 0.4) is 0 Å². The number of fused-ring (bicyclic) bond motifs is 1. The van der Waals surface area contributed by atoms with E-state index in [1.54, 1.807) is 36.1 Å². The maximum Gasteiger partial charge on any atom is 0.205 e. The third-order valence-corrected chi connectivity index (χ3v) is 3.45. The van der Waals surface area contributed by atoms with Crippen molar-refractivity contribution < 1.29 is 9.53 Å². The normalized spacial score (nSPS) is 10.9. The first kappa shape index (κ1) is 14.5. The van der Waals surface area contributed by atoms with E-state index in [-0.39, 0.29) is 12.2 Å². The van der Waals surface area contributed by atoms with E-state index in [4.69, 9.17) is 16.3 Å². The average molecular weight is 317 g/mol. The summed E-state index contributed by atoms with van der Waals surface area (Å²) in [6, 6.07) is 5.28. The highest BCUT2D eigenvalue weighted by Gasteiger charge is 2.09. The lowest BCUT2D eigenvalue weighted by Crippen LogP contribution is -1.99. The minimum absolute atomic E-state index is 0.0530. The maximum atomic E-state index is 11.2. The zero-order valence-electron chi connectivity index (χ0n) is 12.1. The van der Waals surface area contributed by atoms with Crippen LogP contribution in [0, 0.1) is 0 Å². The van der Waals surface area contributed by atoms with Crippen LogP contribution in [0.5, 0.6) is 11.5 Å². The molecule has 7 heteroatoms. The number of carbonyl (C=O) groups excluding carboxylic acids is 1. The van der Waals surface area contributed by atoms with Gasteiger partial charge in [-0.25, -0.2) is 4.98 Å². The van der Waals surface area contributed by atoms with Crippen molar-refractivity contribution in [3.8, 4) is 11.5 Å². The van der Waals surface area contributed by atoms with Crippen molar-refractivity contribution in [3.63, 3.8) is 0 Å². The van der Waals surface area contributed by atoms with Crippen molar-refractivity contribution in [2.75, 3.05) is 0 Å². The van der Waals surface area contributed by atoms with E-state index >= 15 is 0 Å². The van der Waals surface area contributed by atoms with Gasteiger partial charge in [0, 0.05) is 31.8 Å². The molecule has 0 saturated carbocycles. The van der Waals surface area contributed by atoms with Gasteiger partial charge in [-0.1, -0.05) is 0 Å². The molecule has 0 radical (unpaired) electrons. The molecule has 3 aromatic rings. The molecule has 0 fully saturated rings. The highest BCUT2D eigenvalue weighted by Crippen LogP contribution is 2.25. The summed E-state index contributed by atoms with van der Waals surface area (Å²) in [5.41, 5.74) is 2.01. The molecule has 0 spiro atoms. The molecule has 0 aliphatic carbocycles. The first-order chi connectivity index (χ1) is 10.5. The van der Waals surface area contributed by atoms with E-state index in [1.165, 1.54) is 6.92 Å². The molecule has 3 aromatic heterocycles. The second-order valence-corrected chi connectivity index (χ2v) is 5.26. The number of ketones is 1. The predicted octanol–water partition coefficient (Wildman–Crippen LogP) is 2.94. The van der Waals surface area contributed by atoms with E-state index in [0.717, 1.165) is 5.52 Å². The van der Waals surface area contributed by atoms with E-state index in [9.17, 15) is 4.79 Å². The van der Waals surface area contributed by atoms with Crippen LogP contribution in [0.4, 0.5) is 0 Å². The van der Waals surface area contributed by atoms with Crippen molar-refractivity contribution >= 4 is 28.5 Å². The predicted molar refractivity (Wildman–Crippen MR) is 82.2 cm³/mol. The van der Waals surface area contributed by atoms with Gasteiger partial charge in [0.2, 0.25) is 5.28 Å². The Bertz CT molecular complexity index is 860. The van der Waals surface area contributed by atoms with Crippen molar-refractivity contribution in [2.45, 2.75) is 13.3 Å². The van der Waals surface area contributed by atoms with Gasteiger partial charge in [0.05, 0.1) is 17.4 Å². The average Bonchev–Trinajstić information content (AvgIpc) is 2.74. The fraction of sp³-hybridized carbons (Fsp3) is 0.200. The molecule has 0 unspecified atom stereocenters. The number of rotatable bonds is 4. The lowest BCUT2D eigenvalue weighted by atomic mass is 10.2. The molecule has 22 heavy (non-hydrogen) atoms. The number of aromatic nitrogens is 4. The molecule has 0 atom stereocenters. The van der Waals surface area contributed by atoms with Crippen LogP contribution in [-0.4, -0.2) is 25.3 Å². The molecule has 0 amide bonds. The number of ether oxygens (including phenoxy) is 1. The summed E-state index contributed by atoms with van der Waals surface area (Å²) >= 11 is 5.96. The molecule has 0 aliphatic rings. The first-order valence-corrected chi connectivity index (χ1v) is 7.01. The van der Waals surface area contributed by atoms with Crippen LogP contribution in [0.15, 0.2) is 30.6 Å². The second kappa shape index (κ2) is 5.73. The molecule has 0 aromatic carbocycles. The lowest BCUT2D eigenvalue weighted by molar-refractivity contribution is -0.116. The van der Waals surface area contributed by atoms with Crippen molar-refractivity contribution in [3.05, 3.63) is 41.6 Å². The van der Waals surface area contributed by atoms with Crippen LogP contribution in [0.25, 0.3) is 11.2 Å². The van der Waals surface area contributed by atoms with Gasteiger partial charge in [-0.3, -0.25) is 9.78 Å². The van der Waals surface area contributed by atoms with Gasteiger partial charge in [-0.05, 0) is 24.6 Å². The summed E-state index contributed by atoms with van der Waals surface area (Å²) in [4.78, 5) is 23.6. The van der Waals surface area contributed by atoms with Gasteiger partial charge in [-0.15, -0.1) is 0 Å². The summed E-state index contributed by atoms with van der Waals surface area (Å²) in [5.74, 6) is 1.21. The Balaban J connectivity index is 1.89. The molecule has 0 aliphatic heterocycles. The molecular formula is C15H13ClN4O2. The van der Waals surface area contributed by atoms with E-state index < -0.39 is 0 Å². The summed E-state index contributed by atoms with van der Waals surface area (Å²) < 4.78 is 7.50. The Hall–Kier alpha value is -2.47. The Kier molecular flexibility index (Phi) is 3.77. The molecular weight excluding hydrogens is 304 g/mol. The summed E-state index contributed by atoms with van der Waals surface area (Å²) in [6.07, 6.45) is 3.48. The van der Waals surface area contributed by atoms with Crippen molar-refractivity contribution in [2.24, 2.45) is 7.05 Å². The lowest BCUT2D eigenvalue weighted by Gasteiger charge is -2.06. The third-order valence-electron chi connectivity index (χ3n) is 3.11. The number of carbonyl (C=O) groups is 1. The van der Waals surface area contributed by atoms with Crippen LogP contribution < -0.4 is 4.74 Å². The number of aryl methyl sites for hydroxylation is 1. The minimum Gasteiger partial charge on any atom is -0.456 e. The van der Waals surface area contributed by atoms with Crippen LogP contribution in [0.2, 0.25) is 5.28 Å². The smallest absolute Gasteiger partial charge is 0.205 e. The van der Waals surface area contributed by atoms with Crippen LogP contribution in [-0.2, 0) is 18.3 Å². The topological polar surface area (TPSA) is 69.9 Å². The Morgan fingerprint density at radius 2 is 2.14 bits per heavy atom. The minimum atomic E-state index is 0.0530. The number of pyridine rings is 2. The standard InChI is InChI=1S/C15H13ClN4O2/c1-9(21)5-10-6-11(3-4-17-10)22-12-7-13-14(18-8-12)19-15(16)20(13)2/h3-4,6-8H,5H2,1-2H3. The zero-order valence-corrected chi connectivity index (χ0v) is 12.8. The largest absolute Gasteiger partial charge is 0.456 e. The molecule has 0 bridgehead atoms. The summed E-state index contributed by atoms with van der Waals surface area (Å²) in [6.45, 7) is 1.53. The fourth-order valence-corrected chi connectivity index (χ4v) is 2.26. The summed E-state index contributed by atoms with van der Waals surface area (Å²) in [5, 5.41) is 0.368. The van der Waals surface area contributed by atoms with E-state index in [1.807, 2.05) is 6.07 Å². The summed E-state index contributed by atoms with van der Waals surface area (Å²) in [7, 11) is 1.81. The number of nitrogens with zero attached hydrogens (tertiary/aromatic N) is 4. The number of hydrogen-bond donors (Lipinski definition) is 0. The molecule has 112 valence electrons. The number of halogens is 1. The second-order valence-electron chi connectivity index (χ2n) is 4.92. The molecule has 3 rings (SSSR count). The van der Waals surface area contributed by atoms with Gasteiger partial charge in [0.1, 0.15) is 17.3 Å². The maximum absolute atomic E-state index is 11.2. The number of Topliss-reactive ketones (excluding diaryl/α,β-unsaturated/α-hetero) is 1. The molecule has 6 nitrogen and oxygen atoms in total. The number of hydrogen-bond acceptors (Lipinski definition) is 5. The highest BCUT2D eigenvalue weighted by atomic mass is 35.5. The Labute approximate surface area is 131 Å². The molecule has 3 heterocycles. The van der Waals surface area contributed by atoms with Gasteiger partial charge in [0.15, 0.2) is 5.65 Å². The highest BCUT2D eigenvalue weighted by molar-refractivity contribution is 6.29. The van der Waals surface area contributed by atoms with E-state index in [2.05, 4.69) is 15.0 Å². The van der Waals surface area contributed by atoms with E-state index in [0.29, 0.717) is 28.1 Å². The van der Waals surface area contributed by atoms with Crippen molar-refractivity contribution in [1.82, 2.24) is 19.5 Å². The van der Waals surface area contributed by atoms with Gasteiger partial charge < -0.3 is 9.30 Å². The van der Waals surface area contributed by atoms with Gasteiger partial charge in [0.25, 0.3) is 0 Å². The fourth-order valence-electron chi connectivity index (χ4n) is 2.09. The SMILES string of the molecule is CC(=O)Cc1cc(Oc2cnc3nc(Cl)n(C)c3c2)ccn1. The van der Waals surface area contributed by atoms with Crippen LogP contribution >= 0.6 is 11.6 Å². The zero-order chi connectivity index (χ0) is 15.7.